The van der Waals surface area contributed by atoms with Crippen LogP contribution in [0.3, 0.4) is 0 Å². The van der Waals surface area contributed by atoms with E-state index in [2.05, 4.69) is 5.92 Å². The molecule has 0 saturated carbocycles. The van der Waals surface area contributed by atoms with Gasteiger partial charge in [0.2, 0.25) is 0 Å². The predicted molar refractivity (Wildman–Crippen MR) is 64.0 cm³/mol. The highest BCUT2D eigenvalue weighted by Crippen LogP contribution is 2.15. The normalized spacial score (nSPS) is 10.9. The molecular weight excluding hydrogens is 262 g/mol. The number of sulfone groups is 1. The van der Waals surface area contributed by atoms with Gasteiger partial charge in [0.05, 0.1) is 12.4 Å². The van der Waals surface area contributed by atoms with Gasteiger partial charge in [-0.3, -0.25) is 0 Å². The molecular formula is C12H12F2O3S. The zero-order chi connectivity index (χ0) is 13.6. The Morgan fingerprint density at radius 1 is 1.28 bits per heavy atom. The standard InChI is InChI=1S/C12H12F2O3S/c1-2-7-18(15,16)8-3-6-17-10-4-5-11(13)12(14)9-10/h1,4-5,9H,3,6-8H2. The van der Waals surface area contributed by atoms with Crippen LogP contribution in [0, 0.1) is 24.0 Å². The van der Waals surface area contributed by atoms with Crippen LogP contribution in [0.1, 0.15) is 6.42 Å². The summed E-state index contributed by atoms with van der Waals surface area (Å²) in [5.74, 6) is -0.154. The maximum atomic E-state index is 12.8. The molecule has 3 nitrogen and oxygen atoms in total. The quantitative estimate of drug-likeness (QED) is 0.586. The fraction of sp³-hybridized carbons (Fsp3) is 0.333. The molecule has 0 radical (unpaired) electrons. The van der Waals surface area contributed by atoms with E-state index in [0.717, 1.165) is 12.1 Å². The van der Waals surface area contributed by atoms with Crippen molar-refractivity contribution in [3.8, 4) is 18.1 Å². The van der Waals surface area contributed by atoms with E-state index in [-0.39, 0.29) is 30.3 Å². The Hall–Kier alpha value is -1.61. The summed E-state index contributed by atoms with van der Waals surface area (Å²) in [6.07, 6.45) is 5.14. The summed E-state index contributed by atoms with van der Waals surface area (Å²) in [5, 5.41) is 0. The minimum absolute atomic E-state index is 0.0921. The van der Waals surface area contributed by atoms with Gasteiger partial charge in [-0.25, -0.2) is 17.2 Å². The first-order valence-electron chi connectivity index (χ1n) is 5.16. The first-order valence-corrected chi connectivity index (χ1v) is 6.98. The van der Waals surface area contributed by atoms with Crippen LogP contribution in [0.2, 0.25) is 0 Å². The maximum Gasteiger partial charge on any atom is 0.162 e. The van der Waals surface area contributed by atoms with Gasteiger partial charge in [-0.1, -0.05) is 5.92 Å². The Kier molecular flexibility index (Phi) is 5.10. The summed E-state index contributed by atoms with van der Waals surface area (Å²) in [6, 6.07) is 3.12. The van der Waals surface area contributed by atoms with Crippen LogP contribution in [0.5, 0.6) is 5.75 Å². The van der Waals surface area contributed by atoms with E-state index in [1.54, 1.807) is 0 Å². The number of halogens is 2. The molecule has 18 heavy (non-hydrogen) atoms. The third-order valence-corrected chi connectivity index (χ3v) is 3.58. The van der Waals surface area contributed by atoms with E-state index in [0.29, 0.717) is 0 Å². The van der Waals surface area contributed by atoms with Crippen molar-refractivity contribution >= 4 is 9.84 Å². The monoisotopic (exact) mass is 274 g/mol. The first-order chi connectivity index (χ1) is 8.44. The van der Waals surface area contributed by atoms with Crippen molar-refractivity contribution in [3.63, 3.8) is 0 Å². The molecule has 0 saturated heterocycles. The van der Waals surface area contributed by atoms with Crippen LogP contribution in [-0.2, 0) is 9.84 Å². The molecule has 0 aliphatic rings. The Morgan fingerprint density at radius 2 is 2.00 bits per heavy atom. The summed E-state index contributed by atoms with van der Waals surface area (Å²) in [7, 11) is -3.25. The highest BCUT2D eigenvalue weighted by molar-refractivity contribution is 7.91. The molecule has 0 atom stereocenters. The van der Waals surface area contributed by atoms with Crippen LogP contribution in [0.4, 0.5) is 8.78 Å². The Morgan fingerprint density at radius 3 is 2.61 bits per heavy atom. The smallest absolute Gasteiger partial charge is 0.162 e. The average molecular weight is 274 g/mol. The van der Waals surface area contributed by atoms with E-state index >= 15 is 0 Å². The van der Waals surface area contributed by atoms with Gasteiger partial charge < -0.3 is 4.74 Å². The molecule has 0 aliphatic heterocycles. The van der Waals surface area contributed by atoms with Gasteiger partial charge in [-0.05, 0) is 18.6 Å². The Balaban J connectivity index is 2.39. The number of benzene rings is 1. The third-order valence-electron chi connectivity index (χ3n) is 2.06. The molecule has 1 aromatic carbocycles. The van der Waals surface area contributed by atoms with Gasteiger partial charge in [0.25, 0.3) is 0 Å². The van der Waals surface area contributed by atoms with Crippen molar-refractivity contribution in [1.29, 1.82) is 0 Å². The van der Waals surface area contributed by atoms with E-state index in [1.165, 1.54) is 6.07 Å². The van der Waals surface area contributed by atoms with Crippen LogP contribution >= 0.6 is 0 Å². The SMILES string of the molecule is C#CCS(=O)(=O)CCCOc1ccc(F)c(F)c1. The number of hydrogen-bond donors (Lipinski definition) is 0. The molecule has 0 aliphatic carbocycles. The fourth-order valence-corrected chi connectivity index (χ4v) is 2.19. The topological polar surface area (TPSA) is 43.4 Å². The summed E-state index contributed by atoms with van der Waals surface area (Å²) < 4.78 is 53.0. The van der Waals surface area contributed by atoms with E-state index < -0.39 is 21.5 Å². The van der Waals surface area contributed by atoms with Crippen LogP contribution in [0.25, 0.3) is 0 Å². The van der Waals surface area contributed by atoms with E-state index in [4.69, 9.17) is 11.2 Å². The molecule has 0 N–H and O–H groups in total. The number of terminal acetylenes is 1. The minimum atomic E-state index is -3.25. The predicted octanol–water partition coefficient (Wildman–Crippen LogP) is 1.78. The number of ether oxygens (including phenoxy) is 1. The summed E-state index contributed by atoms with van der Waals surface area (Å²) in [5.41, 5.74) is 0. The zero-order valence-corrected chi connectivity index (χ0v) is 10.3. The molecule has 0 heterocycles. The first kappa shape index (κ1) is 14.5. The minimum Gasteiger partial charge on any atom is -0.493 e. The molecule has 0 bridgehead atoms. The highest BCUT2D eigenvalue weighted by atomic mass is 32.2. The average Bonchev–Trinajstić information content (AvgIpc) is 2.29. The molecule has 0 amide bonds. The molecule has 1 aromatic rings. The lowest BCUT2D eigenvalue weighted by atomic mass is 10.3. The van der Waals surface area contributed by atoms with Crippen molar-refractivity contribution in [2.45, 2.75) is 6.42 Å². The molecule has 0 spiro atoms. The zero-order valence-electron chi connectivity index (χ0n) is 9.53. The van der Waals surface area contributed by atoms with E-state index in [9.17, 15) is 17.2 Å². The summed E-state index contributed by atoms with van der Waals surface area (Å²) in [6.45, 7) is 0.0921. The number of hydrogen-bond acceptors (Lipinski definition) is 3. The van der Waals surface area contributed by atoms with Gasteiger partial charge in [0.1, 0.15) is 11.5 Å². The van der Waals surface area contributed by atoms with Crippen molar-refractivity contribution in [2.24, 2.45) is 0 Å². The molecule has 98 valence electrons. The Labute approximate surface area is 105 Å². The van der Waals surface area contributed by atoms with Gasteiger partial charge in [-0.2, -0.15) is 0 Å². The highest BCUT2D eigenvalue weighted by Gasteiger charge is 2.08. The second-order valence-electron chi connectivity index (χ2n) is 3.57. The second-order valence-corrected chi connectivity index (χ2v) is 5.76. The molecule has 0 fully saturated rings. The van der Waals surface area contributed by atoms with Crippen LogP contribution < -0.4 is 4.74 Å². The molecule has 6 heteroatoms. The van der Waals surface area contributed by atoms with Crippen molar-refractivity contribution in [1.82, 2.24) is 0 Å². The molecule has 0 aromatic heterocycles. The molecule has 1 rings (SSSR count). The van der Waals surface area contributed by atoms with Crippen molar-refractivity contribution in [3.05, 3.63) is 29.8 Å². The van der Waals surface area contributed by atoms with Crippen LogP contribution in [-0.4, -0.2) is 26.5 Å². The van der Waals surface area contributed by atoms with Gasteiger partial charge in [-0.15, -0.1) is 6.42 Å². The van der Waals surface area contributed by atoms with Crippen molar-refractivity contribution in [2.75, 3.05) is 18.1 Å². The Bertz CT molecular complexity index is 547. The van der Waals surface area contributed by atoms with E-state index in [1.807, 2.05) is 0 Å². The lowest BCUT2D eigenvalue weighted by Crippen LogP contribution is -2.12. The largest absolute Gasteiger partial charge is 0.493 e. The second kappa shape index (κ2) is 6.36. The number of rotatable bonds is 6. The maximum absolute atomic E-state index is 12.8. The van der Waals surface area contributed by atoms with Crippen molar-refractivity contribution < 1.29 is 21.9 Å². The summed E-state index contributed by atoms with van der Waals surface area (Å²) >= 11 is 0. The molecule has 0 unspecified atom stereocenters. The van der Waals surface area contributed by atoms with Gasteiger partial charge in [0.15, 0.2) is 21.5 Å². The van der Waals surface area contributed by atoms with Crippen LogP contribution in [0.15, 0.2) is 18.2 Å². The lowest BCUT2D eigenvalue weighted by Gasteiger charge is -2.06. The lowest BCUT2D eigenvalue weighted by molar-refractivity contribution is 0.314. The summed E-state index contributed by atoms with van der Waals surface area (Å²) in [4.78, 5) is 0. The third kappa shape index (κ3) is 4.72. The fourth-order valence-electron chi connectivity index (χ4n) is 1.23. The van der Waals surface area contributed by atoms with Gasteiger partial charge in [0, 0.05) is 6.07 Å². The van der Waals surface area contributed by atoms with Gasteiger partial charge >= 0.3 is 0 Å².